The minimum atomic E-state index is -0.865. The van der Waals surface area contributed by atoms with E-state index in [9.17, 15) is 11.0 Å². The highest BCUT2D eigenvalue weighted by Crippen LogP contribution is 2.38. The lowest BCUT2D eigenvalue weighted by Crippen LogP contribution is -2.09. The van der Waals surface area contributed by atoms with E-state index in [1.54, 1.807) is 36.4 Å². The Kier molecular flexibility index (Phi) is 4.15. The molecule has 8 aromatic carbocycles. The molecule has 0 fully saturated rings. The fourth-order valence-corrected chi connectivity index (χ4v) is 5.31. The molecule has 8 rings (SSSR count). The van der Waals surface area contributed by atoms with E-state index in [1.165, 1.54) is 12.1 Å². The van der Waals surface area contributed by atoms with Crippen molar-refractivity contribution in [1.29, 1.82) is 0 Å². The van der Waals surface area contributed by atoms with Gasteiger partial charge in [-0.15, -0.1) is 0 Å². The van der Waals surface area contributed by atoms with Crippen LogP contribution in [0, 0.1) is 0 Å². The number of para-hydroxylation sites is 1. The molecule has 0 bridgehead atoms. The lowest BCUT2D eigenvalue weighted by molar-refractivity contribution is 1.28. The number of benzene rings is 8. The lowest BCUT2D eigenvalue weighted by Gasteiger charge is -2.26. The smallest absolute Gasteiger partial charge is 0.0645 e. The molecule has 8 aromatic rings. The van der Waals surface area contributed by atoms with Crippen molar-refractivity contribution in [2.45, 2.75) is 0 Å². The summed E-state index contributed by atoms with van der Waals surface area (Å²) in [6.07, 6.45) is 0. The Balaban J connectivity index is 1.33. The zero-order valence-electron chi connectivity index (χ0n) is 41.7. The first kappa shape index (κ1) is 15.4. The van der Waals surface area contributed by atoms with E-state index < -0.39 is 136 Å². The predicted molar refractivity (Wildman–Crippen MR) is 200 cm³/mol. The fourth-order valence-electron chi connectivity index (χ4n) is 5.31. The molecule has 0 aliphatic rings. The zero-order valence-corrected chi connectivity index (χ0v) is 24.7. The molecule has 1 nitrogen and oxygen atoms in total. The molecule has 0 atom stereocenters. The summed E-state index contributed by atoms with van der Waals surface area (Å²) >= 11 is 0. The van der Waals surface area contributed by atoms with Gasteiger partial charge in [-0.3, -0.25) is 0 Å². The molecule has 1 heteroatoms. The molecular weight excluding hydrogens is 567 g/mol. The van der Waals surface area contributed by atoms with E-state index in [2.05, 4.69) is 0 Å². The van der Waals surface area contributed by atoms with Crippen LogP contribution in [-0.2, 0) is 0 Å². The van der Waals surface area contributed by atoms with Gasteiger partial charge in [0.15, 0.2) is 0 Å². The Morgan fingerprint density at radius 2 is 0.830 bits per heavy atom. The van der Waals surface area contributed by atoms with Gasteiger partial charge in [0.25, 0.3) is 0 Å². The number of hydrogen-bond acceptors (Lipinski definition) is 1. The third-order valence-corrected chi connectivity index (χ3v) is 7.56. The van der Waals surface area contributed by atoms with Gasteiger partial charge >= 0.3 is 0 Å². The number of hydrogen-bond donors (Lipinski definition) is 0. The number of nitrogens with zero attached hydrogens (tertiary/aromatic N) is 1. The maximum atomic E-state index is 9.36. The van der Waals surface area contributed by atoms with Crippen molar-refractivity contribution >= 4 is 27.8 Å². The molecular formula is C46H33N. The van der Waals surface area contributed by atoms with E-state index in [4.69, 9.17) is 12.3 Å². The van der Waals surface area contributed by atoms with Gasteiger partial charge in [-0.25, -0.2) is 0 Å². The third-order valence-electron chi connectivity index (χ3n) is 7.56. The van der Waals surface area contributed by atoms with Gasteiger partial charge in [-0.05, 0) is 97.6 Å². The van der Waals surface area contributed by atoms with Crippen LogP contribution in [-0.4, -0.2) is 0 Å². The number of fused-ring (bicyclic) bond motifs is 1. The fraction of sp³-hybridized carbons (Fsp3) is 0. The van der Waals surface area contributed by atoms with Gasteiger partial charge in [0.1, 0.15) is 0 Å². The van der Waals surface area contributed by atoms with Gasteiger partial charge in [0.2, 0.25) is 0 Å². The quantitative estimate of drug-likeness (QED) is 0.172. The summed E-state index contributed by atoms with van der Waals surface area (Å²) in [6, 6.07) is 16.2. The van der Waals surface area contributed by atoms with E-state index >= 15 is 0 Å². The average molecular weight is 617 g/mol. The van der Waals surface area contributed by atoms with Gasteiger partial charge < -0.3 is 4.90 Å². The molecule has 47 heavy (non-hydrogen) atoms. The Morgan fingerprint density at radius 1 is 0.340 bits per heavy atom. The maximum absolute atomic E-state index is 9.36. The van der Waals surface area contributed by atoms with E-state index in [-0.39, 0.29) is 11.3 Å². The Hall–Kier alpha value is -6.18. The zero-order chi connectivity index (χ0) is 46.2. The van der Waals surface area contributed by atoms with Crippen LogP contribution in [0.25, 0.3) is 55.3 Å². The summed E-state index contributed by atoms with van der Waals surface area (Å²) in [6.45, 7) is 0. The summed E-state index contributed by atoms with van der Waals surface area (Å²) < 4.78 is 151. The molecule has 0 aliphatic carbocycles. The molecule has 0 amide bonds. The molecule has 0 saturated heterocycles. The van der Waals surface area contributed by atoms with Gasteiger partial charge in [0.05, 0.1) is 23.3 Å². The van der Waals surface area contributed by atoms with Gasteiger partial charge in [-0.2, -0.15) is 0 Å². The summed E-state index contributed by atoms with van der Waals surface area (Å²) in [5, 5.41) is 1.99. The first-order valence-electron chi connectivity index (χ1n) is 23.2. The van der Waals surface area contributed by atoms with Crippen LogP contribution >= 0.6 is 0 Å². The van der Waals surface area contributed by atoms with Crippen molar-refractivity contribution in [3.8, 4) is 44.5 Å². The van der Waals surface area contributed by atoms with E-state index in [1.807, 2.05) is 48.5 Å². The van der Waals surface area contributed by atoms with E-state index in [0.29, 0.717) is 5.56 Å². The summed E-state index contributed by atoms with van der Waals surface area (Å²) in [5.74, 6) is 0. The number of rotatable bonds is 7. The summed E-state index contributed by atoms with van der Waals surface area (Å²) in [4.78, 5) is 1.10. The molecule has 0 aromatic heterocycles. The van der Waals surface area contributed by atoms with Crippen LogP contribution < -0.4 is 4.90 Å². The molecule has 0 heterocycles. The van der Waals surface area contributed by atoms with Crippen LogP contribution in [0.3, 0.4) is 0 Å². The second kappa shape index (κ2) is 12.7. The van der Waals surface area contributed by atoms with Gasteiger partial charge in [0, 0.05) is 17.1 Å². The molecule has 0 radical (unpaired) electrons. The highest BCUT2D eigenvalue weighted by atomic mass is 15.1. The topological polar surface area (TPSA) is 3.24 Å². The van der Waals surface area contributed by atoms with Crippen molar-refractivity contribution < 1.29 is 23.3 Å². The molecule has 222 valence electrons. The van der Waals surface area contributed by atoms with Crippen LogP contribution in [0.1, 0.15) is 23.3 Å². The van der Waals surface area contributed by atoms with Crippen molar-refractivity contribution in [1.82, 2.24) is 0 Å². The van der Waals surface area contributed by atoms with Gasteiger partial charge in [-0.1, -0.05) is 157 Å². The minimum Gasteiger partial charge on any atom is -0.311 e. The average Bonchev–Trinajstić information content (AvgIpc) is 3.30. The van der Waals surface area contributed by atoms with Crippen molar-refractivity contribution in [3.63, 3.8) is 0 Å². The van der Waals surface area contributed by atoms with Crippen molar-refractivity contribution in [2.75, 3.05) is 4.90 Å². The first-order valence-corrected chi connectivity index (χ1v) is 14.7. The monoisotopic (exact) mass is 616 g/mol. The second-order valence-corrected chi connectivity index (χ2v) is 10.5. The molecule has 0 N–H and O–H groups in total. The summed E-state index contributed by atoms with van der Waals surface area (Å²) in [5.41, 5.74) is -1.20. The van der Waals surface area contributed by atoms with E-state index in [0.717, 1.165) is 26.8 Å². The predicted octanol–water partition coefficient (Wildman–Crippen LogP) is 13.0. The van der Waals surface area contributed by atoms with Crippen molar-refractivity contribution in [3.05, 3.63) is 200 Å². The highest BCUT2D eigenvalue weighted by molar-refractivity contribution is 5.97. The summed E-state index contributed by atoms with van der Waals surface area (Å²) in [7, 11) is 0. The number of anilines is 3. The third kappa shape index (κ3) is 5.83. The Labute approximate surface area is 300 Å². The SMILES string of the molecule is [2H]c1c([2H])c([2H])c(-c2c([2H])c([2H])c(-c3c([2H])c([2H])c(N(c4ccccc4)c4c([2H])c([2H])c(-c5cccc(-c6cccc7ccccc67)c5)c([2H])c4[2H])c([2H])c3[2H])c([2H])c2[2H])c([2H])c1[2H]. The highest BCUT2D eigenvalue weighted by Gasteiger charge is 2.13. The minimum absolute atomic E-state index is 0.0147. The van der Waals surface area contributed by atoms with Crippen LogP contribution in [0.2, 0.25) is 0 Å². The Bertz CT molecular complexity index is 3140. The molecule has 0 spiro atoms. The lowest BCUT2D eigenvalue weighted by atomic mass is 9.95. The maximum Gasteiger partial charge on any atom is 0.0645 e. The van der Waals surface area contributed by atoms with Crippen LogP contribution in [0.15, 0.2) is 200 Å². The second-order valence-electron chi connectivity index (χ2n) is 10.5. The Morgan fingerprint density at radius 3 is 1.49 bits per heavy atom. The van der Waals surface area contributed by atoms with Crippen LogP contribution in [0.4, 0.5) is 17.1 Å². The standard InChI is InChI=1S/C46H33N/c1-3-11-34(12-4-1)35-21-23-36(24-22-35)37-25-29-43(30-26-37)47(42-17-5-2-6-18-42)44-31-27-38(28-32-44)40-15-9-16-41(33-40)46-20-10-14-39-13-7-8-19-45(39)46/h1-33H/i1D,3D,4D,11D,12D,21D,22D,23D,24D,25D,26D,27D,28D,29D,30D,31D,32D. The molecule has 0 aliphatic heterocycles. The largest absolute Gasteiger partial charge is 0.311 e. The van der Waals surface area contributed by atoms with Crippen LogP contribution in [0.5, 0.6) is 0 Å². The molecule has 0 saturated carbocycles. The normalized spacial score (nSPS) is 16.0. The van der Waals surface area contributed by atoms with Crippen molar-refractivity contribution in [2.24, 2.45) is 0 Å². The first-order chi connectivity index (χ1) is 30.4. The molecule has 0 unspecified atom stereocenters.